The number of benzene rings is 1. The van der Waals surface area contributed by atoms with Crippen LogP contribution in [0.4, 0.5) is 5.69 Å². The van der Waals surface area contributed by atoms with E-state index < -0.39 is 0 Å². The molecule has 2 rings (SSSR count). The molecular formula is C19H28N4O. The van der Waals surface area contributed by atoms with Gasteiger partial charge in [0, 0.05) is 37.0 Å². The molecule has 24 heavy (non-hydrogen) atoms. The molecule has 1 aromatic carbocycles. The fourth-order valence-electron chi connectivity index (χ4n) is 2.33. The first-order valence-electron chi connectivity index (χ1n) is 8.52. The highest BCUT2D eigenvalue weighted by molar-refractivity contribution is 5.90. The van der Waals surface area contributed by atoms with E-state index in [-0.39, 0.29) is 11.4 Å². The molecule has 2 N–H and O–H groups in total. The van der Waals surface area contributed by atoms with Crippen molar-refractivity contribution in [1.82, 2.24) is 15.1 Å². The Morgan fingerprint density at radius 3 is 2.38 bits per heavy atom. The number of anilines is 1. The van der Waals surface area contributed by atoms with Gasteiger partial charge >= 0.3 is 0 Å². The van der Waals surface area contributed by atoms with E-state index in [2.05, 4.69) is 42.7 Å². The van der Waals surface area contributed by atoms with E-state index in [0.717, 1.165) is 25.2 Å². The highest BCUT2D eigenvalue weighted by Crippen LogP contribution is 2.13. The summed E-state index contributed by atoms with van der Waals surface area (Å²) in [5.74, 6) is 0.0687. The smallest absolute Gasteiger partial charge is 0.224 e. The molecule has 0 atom stereocenters. The predicted octanol–water partition coefficient (Wildman–Crippen LogP) is 3.67. The Morgan fingerprint density at radius 1 is 1.12 bits per heavy atom. The molecule has 0 saturated heterocycles. The van der Waals surface area contributed by atoms with Crippen molar-refractivity contribution in [3.63, 3.8) is 0 Å². The first-order valence-corrected chi connectivity index (χ1v) is 8.52. The number of rotatable bonds is 7. The first kappa shape index (κ1) is 18.2. The summed E-state index contributed by atoms with van der Waals surface area (Å²) in [4.78, 5) is 11.6. The Balaban J connectivity index is 1.80. The van der Waals surface area contributed by atoms with Crippen LogP contribution < -0.4 is 10.6 Å². The summed E-state index contributed by atoms with van der Waals surface area (Å²) in [5, 5.41) is 10.7. The second kappa shape index (κ2) is 8.11. The summed E-state index contributed by atoms with van der Waals surface area (Å²) in [7, 11) is 0. The van der Waals surface area contributed by atoms with Crippen molar-refractivity contribution in [3.8, 4) is 0 Å². The Kier molecular flexibility index (Phi) is 6.15. The van der Waals surface area contributed by atoms with E-state index in [4.69, 9.17) is 0 Å². The lowest BCUT2D eigenvalue weighted by molar-refractivity contribution is -0.116. The number of carbonyl (C=O) groups is 1. The molecule has 1 aromatic heterocycles. The van der Waals surface area contributed by atoms with Crippen LogP contribution in [0.25, 0.3) is 0 Å². The van der Waals surface area contributed by atoms with Crippen molar-refractivity contribution in [1.29, 1.82) is 0 Å². The number of amides is 1. The van der Waals surface area contributed by atoms with Gasteiger partial charge in [-0.3, -0.25) is 9.48 Å². The highest BCUT2D eigenvalue weighted by atomic mass is 16.1. The van der Waals surface area contributed by atoms with Gasteiger partial charge in [0.15, 0.2) is 0 Å². The summed E-state index contributed by atoms with van der Waals surface area (Å²) in [5.41, 5.74) is 3.22. The Morgan fingerprint density at radius 2 is 1.79 bits per heavy atom. The molecule has 0 aliphatic carbocycles. The van der Waals surface area contributed by atoms with Gasteiger partial charge in [-0.05, 0) is 44.9 Å². The van der Waals surface area contributed by atoms with E-state index in [9.17, 15) is 4.79 Å². The molecule has 5 nitrogen and oxygen atoms in total. The van der Waals surface area contributed by atoms with E-state index in [0.29, 0.717) is 6.42 Å². The summed E-state index contributed by atoms with van der Waals surface area (Å²) < 4.78 is 1.98. The molecule has 1 heterocycles. The zero-order valence-corrected chi connectivity index (χ0v) is 15.1. The zero-order valence-electron chi connectivity index (χ0n) is 15.1. The van der Waals surface area contributed by atoms with Crippen LogP contribution in [0.2, 0.25) is 0 Å². The lowest BCUT2D eigenvalue weighted by Crippen LogP contribution is -2.22. The number of nitrogens with one attached hydrogen (secondary N) is 2. The van der Waals surface area contributed by atoms with Crippen LogP contribution in [0.5, 0.6) is 0 Å². The Hall–Kier alpha value is -2.14. The molecule has 0 aliphatic heterocycles. The van der Waals surface area contributed by atoms with Crippen molar-refractivity contribution in [2.45, 2.75) is 59.2 Å². The standard InChI is InChI=1S/C19H28N4O/c1-5-6-18(24)22-17-9-7-15(8-10-17)11-20-12-16-13-21-23(14-16)19(2,3)4/h7-10,13-14,20H,5-6,11-12H2,1-4H3,(H,22,24). The maximum atomic E-state index is 11.6. The molecule has 0 saturated carbocycles. The normalized spacial score (nSPS) is 11.5. The van der Waals surface area contributed by atoms with Gasteiger partial charge in [0.2, 0.25) is 5.91 Å². The van der Waals surface area contributed by atoms with Crippen LogP contribution in [0.3, 0.4) is 0 Å². The number of aromatic nitrogens is 2. The van der Waals surface area contributed by atoms with Crippen LogP contribution >= 0.6 is 0 Å². The fraction of sp³-hybridized carbons (Fsp3) is 0.474. The monoisotopic (exact) mass is 328 g/mol. The van der Waals surface area contributed by atoms with E-state index in [1.165, 1.54) is 11.1 Å². The summed E-state index contributed by atoms with van der Waals surface area (Å²) in [6.07, 6.45) is 5.41. The van der Waals surface area contributed by atoms with Crippen LogP contribution in [-0.4, -0.2) is 15.7 Å². The Labute approximate surface area is 144 Å². The zero-order chi connectivity index (χ0) is 17.6. The third kappa shape index (κ3) is 5.49. The van der Waals surface area contributed by atoms with Gasteiger partial charge in [0.05, 0.1) is 11.7 Å². The molecule has 0 radical (unpaired) electrons. The van der Waals surface area contributed by atoms with Crippen molar-refractivity contribution in [2.24, 2.45) is 0 Å². The summed E-state index contributed by atoms with van der Waals surface area (Å²) >= 11 is 0. The van der Waals surface area contributed by atoms with Gasteiger partial charge < -0.3 is 10.6 Å². The van der Waals surface area contributed by atoms with Crippen LogP contribution in [0, 0.1) is 0 Å². The van der Waals surface area contributed by atoms with Gasteiger partial charge in [0.1, 0.15) is 0 Å². The summed E-state index contributed by atoms with van der Waals surface area (Å²) in [6.45, 7) is 9.97. The quantitative estimate of drug-likeness (QED) is 0.815. The molecular weight excluding hydrogens is 300 g/mol. The molecule has 0 bridgehead atoms. The third-order valence-electron chi connectivity index (χ3n) is 3.70. The van der Waals surface area contributed by atoms with Gasteiger partial charge in [-0.2, -0.15) is 5.10 Å². The van der Waals surface area contributed by atoms with Crippen molar-refractivity contribution in [3.05, 3.63) is 47.8 Å². The summed E-state index contributed by atoms with van der Waals surface area (Å²) in [6, 6.07) is 7.96. The van der Waals surface area contributed by atoms with E-state index >= 15 is 0 Å². The average Bonchev–Trinajstić information content (AvgIpc) is 2.98. The van der Waals surface area contributed by atoms with Crippen LogP contribution in [-0.2, 0) is 23.4 Å². The second-order valence-corrected chi connectivity index (χ2v) is 7.06. The van der Waals surface area contributed by atoms with Crippen molar-refractivity contribution < 1.29 is 4.79 Å². The van der Waals surface area contributed by atoms with Crippen LogP contribution in [0.1, 0.15) is 51.7 Å². The predicted molar refractivity (Wildman–Crippen MR) is 97.7 cm³/mol. The molecule has 0 aliphatic rings. The molecule has 2 aromatic rings. The maximum Gasteiger partial charge on any atom is 0.224 e. The molecule has 0 unspecified atom stereocenters. The molecule has 130 valence electrons. The van der Waals surface area contributed by atoms with Crippen LogP contribution in [0.15, 0.2) is 36.7 Å². The molecule has 0 spiro atoms. The van der Waals surface area contributed by atoms with Gasteiger partial charge in [-0.25, -0.2) is 0 Å². The third-order valence-corrected chi connectivity index (χ3v) is 3.70. The van der Waals surface area contributed by atoms with Crippen molar-refractivity contribution in [2.75, 3.05) is 5.32 Å². The second-order valence-electron chi connectivity index (χ2n) is 7.06. The first-order chi connectivity index (χ1) is 11.4. The fourth-order valence-corrected chi connectivity index (χ4v) is 2.33. The SMILES string of the molecule is CCCC(=O)Nc1ccc(CNCc2cnn(C(C)(C)C)c2)cc1. The lowest BCUT2D eigenvalue weighted by atomic mass is 10.1. The minimum atomic E-state index is 0.0102. The minimum Gasteiger partial charge on any atom is -0.326 e. The Bertz CT molecular complexity index is 653. The number of carbonyl (C=O) groups excluding carboxylic acids is 1. The minimum absolute atomic E-state index is 0.0102. The van der Waals surface area contributed by atoms with E-state index in [1.54, 1.807) is 0 Å². The number of hydrogen-bond acceptors (Lipinski definition) is 3. The van der Waals surface area contributed by atoms with Gasteiger partial charge in [0.25, 0.3) is 0 Å². The molecule has 5 heteroatoms. The molecule has 0 fully saturated rings. The lowest BCUT2D eigenvalue weighted by Gasteiger charge is -2.18. The van der Waals surface area contributed by atoms with Gasteiger partial charge in [-0.15, -0.1) is 0 Å². The number of hydrogen-bond donors (Lipinski definition) is 2. The largest absolute Gasteiger partial charge is 0.326 e. The highest BCUT2D eigenvalue weighted by Gasteiger charge is 2.13. The van der Waals surface area contributed by atoms with Gasteiger partial charge in [-0.1, -0.05) is 19.1 Å². The maximum absolute atomic E-state index is 11.6. The topological polar surface area (TPSA) is 59.0 Å². The average molecular weight is 328 g/mol. The number of nitrogens with zero attached hydrogens (tertiary/aromatic N) is 2. The van der Waals surface area contributed by atoms with E-state index in [1.807, 2.05) is 42.1 Å². The molecule has 1 amide bonds. The van der Waals surface area contributed by atoms with Crippen molar-refractivity contribution >= 4 is 11.6 Å².